The molecule has 0 aliphatic rings. The summed E-state index contributed by atoms with van der Waals surface area (Å²) in [5.74, 6) is -0.939. The molecule has 2 N–H and O–H groups in total. The highest BCUT2D eigenvalue weighted by atomic mass is 32.2. The van der Waals surface area contributed by atoms with Crippen molar-refractivity contribution in [3.05, 3.63) is 29.1 Å². The lowest BCUT2D eigenvalue weighted by Crippen LogP contribution is -2.35. The third-order valence-electron chi connectivity index (χ3n) is 2.40. The van der Waals surface area contributed by atoms with Crippen LogP contribution in [0.25, 0.3) is 0 Å². The summed E-state index contributed by atoms with van der Waals surface area (Å²) in [5, 5.41) is 2.30. The predicted octanol–water partition coefficient (Wildman–Crippen LogP) is 0.467. The molecule has 1 aromatic carbocycles. The summed E-state index contributed by atoms with van der Waals surface area (Å²) < 4.78 is 39.2. The highest BCUT2D eigenvalue weighted by Crippen LogP contribution is 2.20. The Kier molecular flexibility index (Phi) is 4.42. The van der Waals surface area contributed by atoms with E-state index < -0.39 is 21.7 Å². The third kappa shape index (κ3) is 3.27. The van der Waals surface area contributed by atoms with Gasteiger partial charge in [0.05, 0.1) is 11.4 Å². The van der Waals surface area contributed by atoms with Crippen LogP contribution in [0.5, 0.6) is 0 Å². The van der Waals surface area contributed by atoms with Crippen molar-refractivity contribution in [1.82, 2.24) is 10.0 Å². The average molecular weight is 274 g/mol. The molecule has 0 aromatic heterocycles. The van der Waals surface area contributed by atoms with Crippen LogP contribution in [0.15, 0.2) is 17.0 Å². The number of benzene rings is 1. The molecule has 5 nitrogen and oxygen atoms in total. The van der Waals surface area contributed by atoms with E-state index >= 15 is 0 Å². The topological polar surface area (TPSA) is 75.3 Å². The van der Waals surface area contributed by atoms with Crippen LogP contribution in [-0.2, 0) is 14.8 Å². The van der Waals surface area contributed by atoms with Gasteiger partial charge in [-0.25, -0.2) is 17.5 Å². The number of carbonyl (C=O) groups excluding carboxylic acids is 1. The fourth-order valence-electron chi connectivity index (χ4n) is 1.64. The Hall–Kier alpha value is -1.47. The second-order valence-electron chi connectivity index (χ2n) is 3.87. The van der Waals surface area contributed by atoms with Gasteiger partial charge in [-0.2, -0.15) is 0 Å². The SMILES string of the molecule is CNC(=O)CNS(=O)(=O)c1c(C)cc(F)cc1C. The number of nitrogens with one attached hydrogen (secondary N) is 2. The zero-order valence-corrected chi connectivity index (χ0v) is 11.2. The summed E-state index contributed by atoms with van der Waals surface area (Å²) in [6.45, 7) is 2.66. The first-order valence-corrected chi connectivity index (χ1v) is 6.73. The molecule has 0 aliphatic carbocycles. The number of sulfonamides is 1. The number of carbonyl (C=O) groups is 1. The van der Waals surface area contributed by atoms with Crippen LogP contribution in [0.2, 0.25) is 0 Å². The van der Waals surface area contributed by atoms with Gasteiger partial charge in [-0.3, -0.25) is 4.79 Å². The molecule has 1 amide bonds. The number of halogens is 1. The monoisotopic (exact) mass is 274 g/mol. The predicted molar refractivity (Wildman–Crippen MR) is 65.1 cm³/mol. The van der Waals surface area contributed by atoms with Gasteiger partial charge >= 0.3 is 0 Å². The van der Waals surface area contributed by atoms with Crippen LogP contribution in [0.1, 0.15) is 11.1 Å². The maximum atomic E-state index is 13.1. The number of rotatable bonds is 4. The fraction of sp³-hybridized carbons (Fsp3) is 0.364. The molecule has 0 radical (unpaired) electrons. The zero-order valence-electron chi connectivity index (χ0n) is 10.4. The van der Waals surface area contributed by atoms with E-state index in [9.17, 15) is 17.6 Å². The van der Waals surface area contributed by atoms with Crippen molar-refractivity contribution in [2.75, 3.05) is 13.6 Å². The van der Waals surface area contributed by atoms with Crippen molar-refractivity contribution in [3.8, 4) is 0 Å². The summed E-state index contributed by atoms with van der Waals surface area (Å²) in [7, 11) is -2.41. The number of amides is 1. The number of likely N-dealkylation sites (N-methyl/N-ethyl adjacent to an activating group) is 1. The lowest BCUT2D eigenvalue weighted by Gasteiger charge is -2.11. The molecular formula is C11H15FN2O3S. The third-order valence-corrected chi connectivity index (χ3v) is 4.10. The van der Waals surface area contributed by atoms with Crippen molar-refractivity contribution in [1.29, 1.82) is 0 Å². The zero-order chi connectivity index (χ0) is 13.9. The van der Waals surface area contributed by atoms with Gasteiger partial charge in [-0.1, -0.05) is 0 Å². The van der Waals surface area contributed by atoms with E-state index in [0.717, 1.165) is 12.1 Å². The Balaban J connectivity index is 3.10. The van der Waals surface area contributed by atoms with Gasteiger partial charge in [-0.15, -0.1) is 0 Å². The second-order valence-corrected chi connectivity index (χ2v) is 5.57. The Labute approximate surface area is 105 Å². The normalized spacial score (nSPS) is 11.3. The molecular weight excluding hydrogens is 259 g/mol. The minimum atomic E-state index is -3.82. The summed E-state index contributed by atoms with van der Waals surface area (Å²) in [5.41, 5.74) is 0.605. The second kappa shape index (κ2) is 5.45. The standard InChI is InChI=1S/C11H15FN2O3S/c1-7-4-9(12)5-8(2)11(7)18(16,17)14-6-10(15)13-3/h4-5,14H,6H2,1-3H3,(H,13,15). The van der Waals surface area contributed by atoms with E-state index in [-0.39, 0.29) is 11.4 Å². The Morgan fingerprint density at radius 2 is 1.78 bits per heavy atom. The van der Waals surface area contributed by atoms with Crippen LogP contribution in [0.4, 0.5) is 4.39 Å². The van der Waals surface area contributed by atoms with Crippen molar-refractivity contribution in [2.24, 2.45) is 0 Å². The van der Waals surface area contributed by atoms with Crippen LogP contribution in [0.3, 0.4) is 0 Å². The maximum Gasteiger partial charge on any atom is 0.241 e. The first kappa shape index (κ1) is 14.6. The van der Waals surface area contributed by atoms with Crippen LogP contribution < -0.4 is 10.0 Å². The molecule has 0 atom stereocenters. The molecule has 0 fully saturated rings. The minimum absolute atomic E-state index is 0.00723. The van der Waals surface area contributed by atoms with Crippen molar-refractivity contribution < 1.29 is 17.6 Å². The molecule has 0 bridgehead atoms. The number of hydrogen-bond donors (Lipinski definition) is 2. The molecule has 7 heteroatoms. The number of aryl methyl sites for hydroxylation is 2. The molecule has 1 aromatic rings. The van der Waals surface area contributed by atoms with Crippen molar-refractivity contribution in [3.63, 3.8) is 0 Å². The van der Waals surface area contributed by atoms with E-state index in [1.807, 2.05) is 0 Å². The van der Waals surface area contributed by atoms with Crippen LogP contribution in [0, 0.1) is 19.7 Å². The molecule has 0 saturated carbocycles. The Morgan fingerprint density at radius 1 is 1.28 bits per heavy atom. The Morgan fingerprint density at radius 3 is 2.22 bits per heavy atom. The molecule has 1 rings (SSSR count). The fourth-order valence-corrected chi connectivity index (χ4v) is 3.07. The largest absolute Gasteiger partial charge is 0.358 e. The summed E-state index contributed by atoms with van der Waals surface area (Å²) in [6.07, 6.45) is 0. The highest BCUT2D eigenvalue weighted by molar-refractivity contribution is 7.89. The van der Waals surface area contributed by atoms with Gasteiger partial charge in [-0.05, 0) is 37.1 Å². The van der Waals surface area contributed by atoms with Crippen LogP contribution in [-0.4, -0.2) is 27.9 Å². The van der Waals surface area contributed by atoms with E-state index in [1.165, 1.54) is 20.9 Å². The van der Waals surface area contributed by atoms with Gasteiger partial charge in [0, 0.05) is 7.05 Å². The highest BCUT2D eigenvalue weighted by Gasteiger charge is 2.20. The molecule has 0 spiro atoms. The first-order valence-electron chi connectivity index (χ1n) is 5.25. The number of hydrogen-bond acceptors (Lipinski definition) is 3. The van der Waals surface area contributed by atoms with Crippen LogP contribution >= 0.6 is 0 Å². The van der Waals surface area contributed by atoms with E-state index in [1.54, 1.807) is 0 Å². The summed E-state index contributed by atoms with van der Waals surface area (Å²) in [4.78, 5) is 11.0. The molecule has 0 saturated heterocycles. The van der Waals surface area contributed by atoms with Crippen molar-refractivity contribution in [2.45, 2.75) is 18.7 Å². The molecule has 0 unspecified atom stereocenters. The lowest BCUT2D eigenvalue weighted by atomic mass is 10.1. The average Bonchev–Trinajstić information content (AvgIpc) is 2.24. The smallest absolute Gasteiger partial charge is 0.241 e. The van der Waals surface area contributed by atoms with Gasteiger partial charge in [0.15, 0.2) is 0 Å². The van der Waals surface area contributed by atoms with E-state index in [4.69, 9.17) is 0 Å². The van der Waals surface area contributed by atoms with E-state index in [2.05, 4.69) is 10.0 Å². The van der Waals surface area contributed by atoms with Gasteiger partial charge in [0.2, 0.25) is 15.9 Å². The summed E-state index contributed by atoms with van der Waals surface area (Å²) in [6, 6.07) is 2.28. The lowest BCUT2D eigenvalue weighted by molar-refractivity contribution is -0.119. The van der Waals surface area contributed by atoms with E-state index in [0.29, 0.717) is 11.1 Å². The maximum absolute atomic E-state index is 13.1. The molecule has 0 aliphatic heterocycles. The van der Waals surface area contributed by atoms with Gasteiger partial charge in [0.1, 0.15) is 5.82 Å². The quantitative estimate of drug-likeness (QED) is 0.838. The van der Waals surface area contributed by atoms with Crippen molar-refractivity contribution >= 4 is 15.9 Å². The molecule has 0 heterocycles. The summed E-state index contributed by atoms with van der Waals surface area (Å²) >= 11 is 0. The van der Waals surface area contributed by atoms with Gasteiger partial charge in [0.25, 0.3) is 0 Å². The van der Waals surface area contributed by atoms with Gasteiger partial charge < -0.3 is 5.32 Å². The minimum Gasteiger partial charge on any atom is -0.358 e. The molecule has 18 heavy (non-hydrogen) atoms. The Bertz CT molecular complexity index is 547. The first-order chi connectivity index (χ1) is 8.27. The molecule has 100 valence electrons.